The molecule has 0 aliphatic carbocycles. The van der Waals surface area contributed by atoms with Crippen molar-refractivity contribution in [1.29, 1.82) is 0 Å². The molecule has 4 nitrogen and oxygen atoms in total. The van der Waals surface area contributed by atoms with Crippen LogP contribution in [0.15, 0.2) is 76.1 Å². The van der Waals surface area contributed by atoms with E-state index in [1.54, 1.807) is 24.3 Å². The maximum Gasteiger partial charge on any atom is 0.293 e. The van der Waals surface area contributed by atoms with E-state index in [-0.39, 0.29) is 17.7 Å². The van der Waals surface area contributed by atoms with Crippen molar-refractivity contribution in [3.63, 3.8) is 0 Å². The monoisotopic (exact) mass is 547 g/mol. The molecule has 3 aromatic carbocycles. The fraction of sp³-hybridized carbons (Fsp3) is 0.0833. The van der Waals surface area contributed by atoms with Gasteiger partial charge in [0.1, 0.15) is 12.4 Å². The Morgan fingerprint density at radius 3 is 2.47 bits per heavy atom. The molecule has 0 N–H and O–H groups in total. The first-order chi connectivity index (χ1) is 15.4. The highest BCUT2D eigenvalue weighted by Crippen LogP contribution is 2.35. The van der Waals surface area contributed by atoms with Crippen molar-refractivity contribution in [2.45, 2.75) is 13.2 Å². The Morgan fingerprint density at radius 2 is 1.75 bits per heavy atom. The highest BCUT2D eigenvalue weighted by atomic mass is 79.9. The normalized spacial score (nSPS) is 15.0. The predicted molar refractivity (Wildman–Crippen MR) is 133 cm³/mol. The van der Waals surface area contributed by atoms with Gasteiger partial charge in [-0.05, 0) is 80.8 Å². The summed E-state index contributed by atoms with van der Waals surface area (Å²) in [7, 11) is 0. The summed E-state index contributed by atoms with van der Waals surface area (Å²) in [4.78, 5) is 26.8. The number of rotatable bonds is 6. The zero-order valence-electron chi connectivity index (χ0n) is 16.6. The van der Waals surface area contributed by atoms with Crippen molar-refractivity contribution in [2.75, 3.05) is 0 Å². The van der Waals surface area contributed by atoms with E-state index in [0.29, 0.717) is 27.3 Å². The van der Waals surface area contributed by atoms with Crippen LogP contribution in [0.3, 0.4) is 0 Å². The minimum atomic E-state index is -0.334. The zero-order chi connectivity index (χ0) is 22.7. The van der Waals surface area contributed by atoms with Crippen LogP contribution < -0.4 is 4.74 Å². The molecule has 0 radical (unpaired) electrons. The number of hydrogen-bond acceptors (Lipinski definition) is 4. The average molecular weight is 549 g/mol. The van der Waals surface area contributed by atoms with Gasteiger partial charge in [0, 0.05) is 10.0 Å². The minimum absolute atomic E-state index is 0.142. The van der Waals surface area contributed by atoms with Crippen LogP contribution in [0.1, 0.15) is 16.7 Å². The van der Waals surface area contributed by atoms with E-state index in [1.807, 2.05) is 48.5 Å². The molecule has 1 heterocycles. The lowest BCUT2D eigenvalue weighted by Crippen LogP contribution is -2.27. The predicted octanol–water partition coefficient (Wildman–Crippen LogP) is 7.57. The van der Waals surface area contributed by atoms with Crippen LogP contribution in [0.4, 0.5) is 4.79 Å². The van der Waals surface area contributed by atoms with E-state index in [9.17, 15) is 9.59 Å². The first-order valence-corrected chi connectivity index (χ1v) is 11.9. The Balaban J connectivity index is 1.45. The first-order valence-electron chi connectivity index (χ1n) is 9.56. The molecule has 0 spiro atoms. The number of carbonyl (C=O) groups is 2. The SMILES string of the molecule is O=C1S/C(=C/c2ccc(OCc3ccc(Cl)cc3)c(Br)c2)C(=O)N1Cc1ccccc1Cl. The van der Waals surface area contributed by atoms with E-state index in [2.05, 4.69) is 15.9 Å². The fourth-order valence-corrected chi connectivity index (χ4v) is 4.72. The Morgan fingerprint density at radius 1 is 1.00 bits per heavy atom. The molecule has 2 amide bonds. The molecule has 1 fully saturated rings. The van der Waals surface area contributed by atoms with E-state index in [0.717, 1.165) is 32.9 Å². The van der Waals surface area contributed by atoms with Crippen LogP contribution in [0.2, 0.25) is 10.0 Å². The van der Waals surface area contributed by atoms with Crippen molar-refractivity contribution in [3.8, 4) is 5.75 Å². The third kappa shape index (κ3) is 5.38. The Hall–Kier alpha value is -2.25. The summed E-state index contributed by atoms with van der Waals surface area (Å²) in [5, 5.41) is 0.882. The van der Waals surface area contributed by atoms with Gasteiger partial charge >= 0.3 is 0 Å². The maximum absolute atomic E-state index is 12.8. The van der Waals surface area contributed by atoms with Crippen LogP contribution in [0.25, 0.3) is 6.08 Å². The molecular weight excluding hydrogens is 533 g/mol. The van der Waals surface area contributed by atoms with Gasteiger partial charge in [-0.3, -0.25) is 14.5 Å². The molecule has 0 aromatic heterocycles. The van der Waals surface area contributed by atoms with Gasteiger partial charge in [-0.1, -0.05) is 59.6 Å². The first kappa shape index (κ1) is 22.9. The summed E-state index contributed by atoms with van der Waals surface area (Å²) in [6.07, 6.45) is 1.70. The third-order valence-electron chi connectivity index (χ3n) is 4.72. The molecule has 4 rings (SSSR count). The summed E-state index contributed by atoms with van der Waals surface area (Å²) in [6.45, 7) is 0.541. The molecule has 0 unspecified atom stereocenters. The lowest BCUT2D eigenvalue weighted by molar-refractivity contribution is -0.123. The number of hydrogen-bond donors (Lipinski definition) is 0. The van der Waals surface area contributed by atoms with Crippen LogP contribution >= 0.6 is 50.9 Å². The van der Waals surface area contributed by atoms with E-state index in [1.165, 1.54) is 4.90 Å². The standard InChI is InChI=1S/C24H16BrCl2NO3S/c25-19-11-16(7-10-21(19)31-14-15-5-8-18(26)9-6-15)12-22-23(29)28(24(30)32-22)13-17-3-1-2-4-20(17)27/h1-12H,13-14H2/b22-12+. The molecule has 8 heteroatoms. The lowest BCUT2D eigenvalue weighted by atomic mass is 10.2. The second-order valence-corrected chi connectivity index (χ2v) is 9.66. The van der Waals surface area contributed by atoms with E-state index >= 15 is 0 Å². The number of thioether (sulfide) groups is 1. The fourth-order valence-electron chi connectivity index (χ4n) is 3.05. The number of ether oxygens (including phenoxy) is 1. The number of halogens is 3. The number of amides is 2. The van der Waals surface area contributed by atoms with Gasteiger partial charge in [0.15, 0.2) is 0 Å². The van der Waals surface area contributed by atoms with Crippen molar-refractivity contribution in [3.05, 3.63) is 103 Å². The summed E-state index contributed by atoms with van der Waals surface area (Å²) in [5.74, 6) is 0.336. The van der Waals surface area contributed by atoms with Crippen LogP contribution in [0, 0.1) is 0 Å². The van der Waals surface area contributed by atoms with Gasteiger partial charge in [-0.15, -0.1) is 0 Å². The number of benzene rings is 3. The second kappa shape index (κ2) is 10.1. The van der Waals surface area contributed by atoms with Gasteiger partial charge in [-0.2, -0.15) is 0 Å². The average Bonchev–Trinajstić information content (AvgIpc) is 3.03. The molecule has 0 bridgehead atoms. The molecule has 1 aliphatic rings. The van der Waals surface area contributed by atoms with Crippen LogP contribution in [0.5, 0.6) is 5.75 Å². The smallest absolute Gasteiger partial charge is 0.293 e. The molecular formula is C24H16BrCl2NO3S. The molecule has 1 aliphatic heterocycles. The Bertz CT molecular complexity index is 1210. The Kier molecular flexibility index (Phi) is 7.26. The van der Waals surface area contributed by atoms with Gasteiger partial charge < -0.3 is 4.74 Å². The van der Waals surface area contributed by atoms with Crippen molar-refractivity contribution in [1.82, 2.24) is 4.90 Å². The van der Waals surface area contributed by atoms with Crippen molar-refractivity contribution in [2.24, 2.45) is 0 Å². The second-order valence-electron chi connectivity index (χ2n) is 6.96. The zero-order valence-corrected chi connectivity index (χ0v) is 20.5. The quantitative estimate of drug-likeness (QED) is 0.298. The van der Waals surface area contributed by atoms with Gasteiger partial charge in [0.25, 0.3) is 11.1 Å². The molecule has 1 saturated heterocycles. The lowest BCUT2D eigenvalue weighted by Gasteiger charge is -2.13. The Labute approximate surface area is 208 Å². The third-order valence-corrected chi connectivity index (χ3v) is 6.87. The summed E-state index contributed by atoms with van der Waals surface area (Å²) >= 11 is 16.5. The van der Waals surface area contributed by atoms with Crippen LogP contribution in [-0.2, 0) is 17.9 Å². The number of carbonyl (C=O) groups excluding carboxylic acids is 2. The largest absolute Gasteiger partial charge is 0.488 e. The van der Waals surface area contributed by atoms with E-state index < -0.39 is 0 Å². The summed E-state index contributed by atoms with van der Waals surface area (Å²) in [5.41, 5.74) is 2.50. The number of imide groups is 1. The highest BCUT2D eigenvalue weighted by molar-refractivity contribution is 9.10. The molecule has 0 saturated carbocycles. The van der Waals surface area contributed by atoms with Crippen LogP contribution in [-0.4, -0.2) is 16.0 Å². The van der Waals surface area contributed by atoms with E-state index in [4.69, 9.17) is 27.9 Å². The van der Waals surface area contributed by atoms with Gasteiger partial charge in [-0.25, -0.2) is 0 Å². The molecule has 3 aromatic rings. The summed E-state index contributed by atoms with van der Waals surface area (Å²) in [6, 6.07) is 20.1. The highest BCUT2D eigenvalue weighted by Gasteiger charge is 2.35. The summed E-state index contributed by atoms with van der Waals surface area (Å²) < 4.78 is 6.61. The number of nitrogens with zero attached hydrogens (tertiary/aromatic N) is 1. The minimum Gasteiger partial charge on any atom is -0.488 e. The molecule has 32 heavy (non-hydrogen) atoms. The maximum atomic E-state index is 12.8. The van der Waals surface area contributed by atoms with Crippen molar-refractivity contribution < 1.29 is 14.3 Å². The van der Waals surface area contributed by atoms with Gasteiger partial charge in [0.2, 0.25) is 0 Å². The van der Waals surface area contributed by atoms with Gasteiger partial charge in [0.05, 0.1) is 15.9 Å². The molecule has 162 valence electrons. The van der Waals surface area contributed by atoms with Crippen molar-refractivity contribution >= 4 is 68.1 Å². The molecule has 0 atom stereocenters. The topological polar surface area (TPSA) is 46.6 Å².